The van der Waals surface area contributed by atoms with Crippen LogP contribution in [0, 0.1) is 9.49 Å². The summed E-state index contributed by atoms with van der Waals surface area (Å²) in [5, 5.41) is 3.05. The number of nitrogens with one attached hydrogen (secondary N) is 1. The molecule has 0 aliphatic carbocycles. The fraction of sp³-hybridized carbons (Fsp3) is 0.500. The van der Waals surface area contributed by atoms with Gasteiger partial charge in [0, 0.05) is 28.6 Å². The van der Waals surface area contributed by atoms with Crippen LogP contribution in [0.15, 0.2) is 24.3 Å². The SMILES string of the molecule is CC(C)C(=O)NC1CCN(C(=O)c2ccccc2I)CC1. The predicted octanol–water partition coefficient (Wildman–Crippen LogP) is 2.67. The van der Waals surface area contributed by atoms with E-state index in [9.17, 15) is 9.59 Å². The minimum absolute atomic E-state index is 0.00978. The fourth-order valence-electron chi connectivity index (χ4n) is 2.40. The van der Waals surface area contributed by atoms with E-state index in [1.54, 1.807) is 0 Å². The van der Waals surface area contributed by atoms with Crippen LogP contribution in [0.5, 0.6) is 0 Å². The molecule has 1 aromatic carbocycles. The van der Waals surface area contributed by atoms with Crippen LogP contribution in [0.2, 0.25) is 0 Å². The third kappa shape index (κ3) is 4.18. The van der Waals surface area contributed by atoms with Gasteiger partial charge in [-0.2, -0.15) is 0 Å². The van der Waals surface area contributed by atoms with Crippen LogP contribution in [0.3, 0.4) is 0 Å². The highest BCUT2D eigenvalue weighted by atomic mass is 127. The maximum Gasteiger partial charge on any atom is 0.254 e. The molecule has 1 saturated heterocycles. The van der Waals surface area contributed by atoms with Gasteiger partial charge >= 0.3 is 0 Å². The van der Waals surface area contributed by atoms with Crippen LogP contribution < -0.4 is 5.32 Å². The Hall–Kier alpha value is -1.11. The summed E-state index contributed by atoms with van der Waals surface area (Å²) in [5.74, 6) is 0.196. The molecular formula is C16H21IN2O2. The first-order valence-electron chi connectivity index (χ1n) is 7.33. The van der Waals surface area contributed by atoms with Crippen molar-refractivity contribution in [3.05, 3.63) is 33.4 Å². The molecule has 1 aliphatic heterocycles. The zero-order valence-electron chi connectivity index (χ0n) is 12.4. The summed E-state index contributed by atoms with van der Waals surface area (Å²) in [4.78, 5) is 26.1. The number of hydrogen-bond acceptors (Lipinski definition) is 2. The van der Waals surface area contributed by atoms with Crippen molar-refractivity contribution in [3.63, 3.8) is 0 Å². The highest BCUT2D eigenvalue weighted by Gasteiger charge is 2.25. The molecule has 5 heteroatoms. The van der Waals surface area contributed by atoms with E-state index < -0.39 is 0 Å². The molecule has 1 aliphatic rings. The first kappa shape index (κ1) is 16.3. The number of carbonyl (C=O) groups excluding carboxylic acids is 2. The number of nitrogens with zero attached hydrogens (tertiary/aromatic N) is 1. The smallest absolute Gasteiger partial charge is 0.254 e. The van der Waals surface area contributed by atoms with Crippen molar-refractivity contribution in [2.75, 3.05) is 13.1 Å². The second kappa shape index (κ2) is 7.24. The minimum Gasteiger partial charge on any atom is -0.353 e. The van der Waals surface area contributed by atoms with E-state index in [1.807, 2.05) is 43.0 Å². The average Bonchev–Trinajstić information content (AvgIpc) is 2.47. The molecule has 0 saturated carbocycles. The van der Waals surface area contributed by atoms with Gasteiger partial charge in [0.15, 0.2) is 0 Å². The van der Waals surface area contributed by atoms with Crippen molar-refractivity contribution in [3.8, 4) is 0 Å². The molecule has 1 N–H and O–H groups in total. The number of amides is 2. The standard InChI is InChI=1S/C16H21IN2O2/c1-11(2)15(20)18-12-7-9-19(10-8-12)16(21)13-5-3-4-6-14(13)17/h3-6,11-12H,7-10H2,1-2H3,(H,18,20). The Morgan fingerprint density at radius 3 is 2.43 bits per heavy atom. The quantitative estimate of drug-likeness (QED) is 0.794. The molecule has 21 heavy (non-hydrogen) atoms. The highest BCUT2D eigenvalue weighted by Crippen LogP contribution is 2.18. The van der Waals surface area contributed by atoms with Crippen molar-refractivity contribution < 1.29 is 9.59 Å². The van der Waals surface area contributed by atoms with E-state index in [-0.39, 0.29) is 23.8 Å². The second-order valence-corrected chi connectivity index (χ2v) is 6.87. The Balaban J connectivity index is 1.91. The van der Waals surface area contributed by atoms with Crippen LogP contribution in [0.25, 0.3) is 0 Å². The van der Waals surface area contributed by atoms with Crippen LogP contribution >= 0.6 is 22.6 Å². The van der Waals surface area contributed by atoms with Crippen molar-refractivity contribution in [1.82, 2.24) is 10.2 Å². The van der Waals surface area contributed by atoms with E-state index in [0.717, 1.165) is 22.0 Å². The molecule has 1 fully saturated rings. The number of benzene rings is 1. The molecule has 0 atom stereocenters. The van der Waals surface area contributed by atoms with Crippen molar-refractivity contribution in [2.45, 2.75) is 32.7 Å². The molecule has 4 nitrogen and oxygen atoms in total. The maximum absolute atomic E-state index is 12.5. The zero-order valence-corrected chi connectivity index (χ0v) is 14.6. The zero-order chi connectivity index (χ0) is 15.4. The number of hydrogen-bond donors (Lipinski definition) is 1. The van der Waals surface area contributed by atoms with Gasteiger partial charge in [-0.15, -0.1) is 0 Å². The maximum atomic E-state index is 12.5. The summed E-state index contributed by atoms with van der Waals surface area (Å²) in [6.45, 7) is 5.19. The summed E-state index contributed by atoms with van der Waals surface area (Å²) in [7, 11) is 0. The van der Waals surface area contributed by atoms with Crippen LogP contribution in [0.1, 0.15) is 37.0 Å². The highest BCUT2D eigenvalue weighted by molar-refractivity contribution is 14.1. The Morgan fingerprint density at radius 1 is 1.24 bits per heavy atom. The van der Waals surface area contributed by atoms with E-state index in [0.29, 0.717) is 13.1 Å². The topological polar surface area (TPSA) is 49.4 Å². The van der Waals surface area contributed by atoms with Crippen LogP contribution in [-0.2, 0) is 4.79 Å². The van der Waals surface area contributed by atoms with Gasteiger partial charge in [0.2, 0.25) is 5.91 Å². The van der Waals surface area contributed by atoms with Crippen molar-refractivity contribution >= 4 is 34.4 Å². The van der Waals surface area contributed by atoms with Gasteiger partial charge in [0.1, 0.15) is 0 Å². The Labute approximate surface area is 139 Å². The summed E-state index contributed by atoms with van der Waals surface area (Å²) in [6, 6.07) is 7.84. The van der Waals surface area contributed by atoms with Gasteiger partial charge in [-0.05, 0) is 47.6 Å². The molecule has 0 radical (unpaired) electrons. The molecule has 1 heterocycles. The van der Waals surface area contributed by atoms with Gasteiger partial charge in [0.25, 0.3) is 5.91 Å². The molecule has 0 spiro atoms. The molecule has 2 rings (SSSR count). The van der Waals surface area contributed by atoms with Crippen LogP contribution in [0.4, 0.5) is 0 Å². The van der Waals surface area contributed by atoms with Gasteiger partial charge in [0.05, 0.1) is 5.56 Å². The first-order valence-corrected chi connectivity index (χ1v) is 8.41. The van der Waals surface area contributed by atoms with Gasteiger partial charge in [-0.3, -0.25) is 9.59 Å². The lowest BCUT2D eigenvalue weighted by atomic mass is 10.0. The largest absolute Gasteiger partial charge is 0.353 e. The summed E-state index contributed by atoms with van der Waals surface area (Å²) >= 11 is 2.19. The summed E-state index contributed by atoms with van der Waals surface area (Å²) < 4.78 is 0.982. The van der Waals surface area contributed by atoms with Crippen LogP contribution in [-0.4, -0.2) is 35.8 Å². The van der Waals surface area contributed by atoms with E-state index in [4.69, 9.17) is 0 Å². The Morgan fingerprint density at radius 2 is 1.86 bits per heavy atom. The normalized spacial score (nSPS) is 16.1. The Kier molecular flexibility index (Phi) is 5.61. The number of halogens is 1. The van der Waals surface area contributed by atoms with E-state index >= 15 is 0 Å². The number of likely N-dealkylation sites (tertiary alicyclic amines) is 1. The third-order valence-corrected chi connectivity index (χ3v) is 4.70. The van der Waals surface area contributed by atoms with Gasteiger partial charge < -0.3 is 10.2 Å². The average molecular weight is 400 g/mol. The lowest BCUT2D eigenvalue weighted by molar-refractivity contribution is -0.124. The molecule has 0 bridgehead atoms. The van der Waals surface area contributed by atoms with Gasteiger partial charge in [-0.25, -0.2) is 0 Å². The van der Waals surface area contributed by atoms with Gasteiger partial charge in [-0.1, -0.05) is 26.0 Å². The van der Waals surface area contributed by atoms with E-state index in [1.165, 1.54) is 0 Å². The molecule has 2 amide bonds. The molecule has 0 aromatic heterocycles. The number of rotatable bonds is 3. The molecular weight excluding hydrogens is 379 g/mol. The minimum atomic E-state index is 0.00978. The number of carbonyl (C=O) groups is 2. The first-order chi connectivity index (χ1) is 9.99. The second-order valence-electron chi connectivity index (χ2n) is 5.71. The monoisotopic (exact) mass is 400 g/mol. The predicted molar refractivity (Wildman–Crippen MR) is 91.1 cm³/mol. The Bertz CT molecular complexity index is 523. The van der Waals surface area contributed by atoms with Crippen molar-refractivity contribution in [2.24, 2.45) is 5.92 Å². The molecule has 0 unspecified atom stereocenters. The molecule has 114 valence electrons. The third-order valence-electron chi connectivity index (χ3n) is 3.76. The fourth-order valence-corrected chi connectivity index (χ4v) is 3.02. The lowest BCUT2D eigenvalue weighted by Gasteiger charge is -2.33. The summed E-state index contributed by atoms with van der Waals surface area (Å²) in [5.41, 5.74) is 0.766. The lowest BCUT2D eigenvalue weighted by Crippen LogP contribution is -2.47. The summed E-state index contributed by atoms with van der Waals surface area (Å²) in [6.07, 6.45) is 1.65. The van der Waals surface area contributed by atoms with E-state index in [2.05, 4.69) is 27.9 Å². The number of piperidine rings is 1. The van der Waals surface area contributed by atoms with Crippen molar-refractivity contribution in [1.29, 1.82) is 0 Å². The molecule has 1 aromatic rings.